The third-order valence-corrected chi connectivity index (χ3v) is 4.34. The maximum Gasteiger partial charge on any atom is 0.255 e. The minimum Gasteiger partial charge on any atom is -0.373 e. The van der Waals surface area contributed by atoms with E-state index in [9.17, 15) is 9.18 Å². The average Bonchev–Trinajstić information content (AvgIpc) is 2.38. The molecule has 0 radical (unpaired) electrons. The van der Waals surface area contributed by atoms with E-state index in [4.69, 9.17) is 16.3 Å². The van der Waals surface area contributed by atoms with Crippen LogP contribution in [0.3, 0.4) is 0 Å². The number of carbonyl (C=O) groups is 1. The Morgan fingerprint density at radius 1 is 1.63 bits per heavy atom. The van der Waals surface area contributed by atoms with Crippen LogP contribution in [0.1, 0.15) is 17.3 Å². The van der Waals surface area contributed by atoms with Crippen molar-refractivity contribution in [2.24, 2.45) is 0 Å². The van der Waals surface area contributed by atoms with Gasteiger partial charge < -0.3 is 9.64 Å². The molecule has 1 aromatic rings. The van der Waals surface area contributed by atoms with Crippen molar-refractivity contribution in [3.05, 3.63) is 33.1 Å². The van der Waals surface area contributed by atoms with Crippen LogP contribution in [0.5, 0.6) is 0 Å². The van der Waals surface area contributed by atoms with Crippen molar-refractivity contribution in [1.82, 2.24) is 4.90 Å². The van der Waals surface area contributed by atoms with Crippen molar-refractivity contribution >= 4 is 40.1 Å². The zero-order valence-electron chi connectivity index (χ0n) is 10.4. The summed E-state index contributed by atoms with van der Waals surface area (Å²) in [7, 11) is 0. The van der Waals surface area contributed by atoms with Crippen molar-refractivity contribution in [2.75, 3.05) is 19.0 Å². The van der Waals surface area contributed by atoms with Gasteiger partial charge in [0.25, 0.3) is 5.91 Å². The smallest absolute Gasteiger partial charge is 0.255 e. The fraction of sp³-hybridized carbons (Fsp3) is 0.462. The SMILES string of the molecule is CC1COC(CCl)CN1C(=O)c1ccc(F)cc1I. The number of amides is 1. The molecular weight excluding hydrogens is 384 g/mol. The van der Waals surface area contributed by atoms with Crippen LogP contribution >= 0.6 is 34.2 Å². The van der Waals surface area contributed by atoms with Crippen LogP contribution in [0.4, 0.5) is 4.39 Å². The normalized spacial score (nSPS) is 23.5. The molecule has 1 amide bonds. The Labute approximate surface area is 130 Å². The lowest BCUT2D eigenvalue weighted by Gasteiger charge is -2.37. The number of hydrogen-bond acceptors (Lipinski definition) is 2. The highest BCUT2D eigenvalue weighted by atomic mass is 127. The molecule has 1 aliphatic heterocycles. The van der Waals surface area contributed by atoms with Crippen molar-refractivity contribution in [2.45, 2.75) is 19.1 Å². The lowest BCUT2D eigenvalue weighted by Crippen LogP contribution is -2.51. The van der Waals surface area contributed by atoms with Gasteiger partial charge in [0.15, 0.2) is 0 Å². The second kappa shape index (κ2) is 6.37. The number of alkyl halides is 1. The second-order valence-electron chi connectivity index (χ2n) is 4.54. The molecular formula is C13H14ClFINO2. The molecule has 2 unspecified atom stereocenters. The monoisotopic (exact) mass is 397 g/mol. The Hall–Kier alpha value is -0.400. The van der Waals surface area contributed by atoms with Gasteiger partial charge in [0, 0.05) is 10.1 Å². The highest BCUT2D eigenvalue weighted by Gasteiger charge is 2.30. The van der Waals surface area contributed by atoms with Crippen molar-refractivity contribution in [3.8, 4) is 0 Å². The molecule has 1 aromatic carbocycles. The maximum absolute atomic E-state index is 13.1. The molecule has 1 heterocycles. The number of morpholine rings is 1. The first-order valence-corrected chi connectivity index (χ1v) is 7.58. The summed E-state index contributed by atoms with van der Waals surface area (Å²) in [6.07, 6.45) is -0.139. The van der Waals surface area contributed by atoms with Gasteiger partial charge in [-0.05, 0) is 47.7 Å². The zero-order chi connectivity index (χ0) is 14.0. The summed E-state index contributed by atoms with van der Waals surface area (Å²) >= 11 is 7.76. The van der Waals surface area contributed by atoms with E-state index >= 15 is 0 Å². The highest BCUT2D eigenvalue weighted by Crippen LogP contribution is 2.20. The molecule has 0 N–H and O–H groups in total. The van der Waals surface area contributed by atoms with Gasteiger partial charge >= 0.3 is 0 Å². The fourth-order valence-corrected chi connectivity index (χ4v) is 2.91. The second-order valence-corrected chi connectivity index (χ2v) is 6.01. The third-order valence-electron chi connectivity index (χ3n) is 3.10. The molecule has 104 valence electrons. The summed E-state index contributed by atoms with van der Waals surface area (Å²) < 4.78 is 19.2. The van der Waals surface area contributed by atoms with Gasteiger partial charge in [0.05, 0.1) is 30.2 Å². The fourth-order valence-electron chi connectivity index (χ4n) is 2.01. The lowest BCUT2D eigenvalue weighted by molar-refractivity contribution is -0.0372. The molecule has 2 rings (SSSR count). The molecule has 3 nitrogen and oxygen atoms in total. The number of hydrogen-bond donors (Lipinski definition) is 0. The quantitative estimate of drug-likeness (QED) is 0.567. The van der Waals surface area contributed by atoms with E-state index in [1.54, 1.807) is 4.90 Å². The average molecular weight is 398 g/mol. The summed E-state index contributed by atoms with van der Waals surface area (Å²) in [5.41, 5.74) is 0.518. The number of ether oxygens (including phenoxy) is 1. The minimum absolute atomic E-state index is 0.00665. The molecule has 0 spiro atoms. The molecule has 1 fully saturated rings. The molecule has 1 saturated heterocycles. The van der Waals surface area contributed by atoms with E-state index in [1.165, 1.54) is 18.2 Å². The number of halogens is 3. The minimum atomic E-state index is -0.338. The Bertz CT molecular complexity index is 486. The highest BCUT2D eigenvalue weighted by molar-refractivity contribution is 14.1. The van der Waals surface area contributed by atoms with E-state index in [0.29, 0.717) is 28.2 Å². The topological polar surface area (TPSA) is 29.5 Å². The molecule has 0 saturated carbocycles. The van der Waals surface area contributed by atoms with Crippen LogP contribution in [0.15, 0.2) is 18.2 Å². The number of benzene rings is 1. The molecule has 1 aliphatic rings. The van der Waals surface area contributed by atoms with Gasteiger partial charge in [-0.25, -0.2) is 4.39 Å². The van der Waals surface area contributed by atoms with Gasteiger partial charge in [-0.3, -0.25) is 4.79 Å². The van der Waals surface area contributed by atoms with Crippen molar-refractivity contribution in [1.29, 1.82) is 0 Å². The first kappa shape index (κ1) is 15.0. The van der Waals surface area contributed by atoms with E-state index in [1.807, 2.05) is 29.5 Å². The number of rotatable bonds is 2. The van der Waals surface area contributed by atoms with Gasteiger partial charge in [0.2, 0.25) is 0 Å². The Kier molecular flexibility index (Phi) is 5.03. The van der Waals surface area contributed by atoms with Crippen LogP contribution < -0.4 is 0 Å². The van der Waals surface area contributed by atoms with E-state index in [-0.39, 0.29) is 23.9 Å². The van der Waals surface area contributed by atoms with Crippen LogP contribution in [-0.2, 0) is 4.74 Å². The predicted molar refractivity (Wildman–Crippen MR) is 80.1 cm³/mol. The molecule has 0 aromatic heterocycles. The summed E-state index contributed by atoms with van der Waals surface area (Å²) in [5.74, 6) is -0.0817. The van der Waals surface area contributed by atoms with Gasteiger partial charge in [0.1, 0.15) is 5.82 Å². The molecule has 2 atom stereocenters. The maximum atomic E-state index is 13.1. The molecule has 19 heavy (non-hydrogen) atoms. The number of carbonyl (C=O) groups excluding carboxylic acids is 1. The molecule has 0 aliphatic carbocycles. The summed E-state index contributed by atoms with van der Waals surface area (Å²) in [6.45, 7) is 2.87. The van der Waals surface area contributed by atoms with E-state index < -0.39 is 0 Å². The van der Waals surface area contributed by atoms with Crippen LogP contribution in [0.25, 0.3) is 0 Å². The zero-order valence-corrected chi connectivity index (χ0v) is 13.3. The largest absolute Gasteiger partial charge is 0.373 e. The van der Waals surface area contributed by atoms with E-state index in [2.05, 4.69) is 0 Å². The number of nitrogens with zero attached hydrogens (tertiary/aromatic N) is 1. The Morgan fingerprint density at radius 2 is 2.37 bits per heavy atom. The summed E-state index contributed by atoms with van der Waals surface area (Å²) in [4.78, 5) is 14.2. The third kappa shape index (κ3) is 3.38. The Morgan fingerprint density at radius 3 is 3.00 bits per heavy atom. The molecule has 0 bridgehead atoms. The van der Waals surface area contributed by atoms with Gasteiger partial charge in [-0.2, -0.15) is 0 Å². The predicted octanol–water partition coefficient (Wildman–Crippen LogP) is 2.90. The van der Waals surface area contributed by atoms with Gasteiger partial charge in [-0.1, -0.05) is 0 Å². The van der Waals surface area contributed by atoms with Crippen molar-refractivity contribution < 1.29 is 13.9 Å². The van der Waals surface area contributed by atoms with Crippen LogP contribution in [-0.4, -0.2) is 42.0 Å². The summed E-state index contributed by atoms with van der Waals surface area (Å²) in [5, 5.41) is 0. The van der Waals surface area contributed by atoms with E-state index in [0.717, 1.165) is 0 Å². The molecule has 6 heteroatoms. The van der Waals surface area contributed by atoms with Crippen LogP contribution in [0.2, 0.25) is 0 Å². The summed E-state index contributed by atoms with van der Waals surface area (Å²) in [6, 6.07) is 4.18. The van der Waals surface area contributed by atoms with Gasteiger partial charge in [-0.15, -0.1) is 11.6 Å². The first-order chi connectivity index (χ1) is 9.02. The van der Waals surface area contributed by atoms with Crippen molar-refractivity contribution in [3.63, 3.8) is 0 Å². The lowest BCUT2D eigenvalue weighted by atomic mass is 10.1. The standard InChI is InChI=1S/C13H14ClFINO2/c1-8-7-19-10(5-14)6-17(8)13(18)11-3-2-9(15)4-12(11)16/h2-4,8,10H,5-7H2,1H3. The van der Waals surface area contributed by atoms with Crippen LogP contribution in [0, 0.1) is 9.39 Å². The Balaban J connectivity index is 2.22. The first-order valence-electron chi connectivity index (χ1n) is 5.96.